The van der Waals surface area contributed by atoms with Crippen molar-refractivity contribution in [2.75, 3.05) is 0 Å². The number of hydrogen-bond acceptors (Lipinski definition) is 4. The Kier molecular flexibility index (Phi) is 29.2. The summed E-state index contributed by atoms with van der Waals surface area (Å²) in [5, 5.41) is 0. The minimum atomic E-state index is 0. The van der Waals surface area contributed by atoms with Gasteiger partial charge in [0, 0.05) is 105 Å². The summed E-state index contributed by atoms with van der Waals surface area (Å²) < 4.78 is 0. The minimum Gasteiger partial charge on any atom is -0.305 e. The SMILES string of the molecule is CC(C)c1cc(-c2cc[c-]c(-c3ccccn3)c2)cc(C(C)C)c1.CCc1ccnc(-c2[c-]ccc(-c3ccccc3)c2)c1.Cc1cc(C)cc(-c2cc[c-]c(-c3nccc(C)c3C)c2)c1.[Ir].[Ir].[Ir].[Ir].[c-]1cc(-c2ccccc2)ccc1-c1ccccn1. The maximum absolute atomic E-state index is 4.55. The van der Waals surface area contributed by atoms with E-state index in [4.69, 9.17) is 0 Å². The summed E-state index contributed by atoms with van der Waals surface area (Å²) in [6.45, 7) is 19.7. The van der Waals surface area contributed by atoms with Gasteiger partial charge in [0.05, 0.1) is 0 Å². The zero-order chi connectivity index (χ0) is 58.8. The third kappa shape index (κ3) is 20.0. The first kappa shape index (κ1) is 71.7. The number of pyridine rings is 4. The molecule has 0 aliphatic carbocycles. The summed E-state index contributed by atoms with van der Waals surface area (Å²) in [7, 11) is 0. The first-order chi connectivity index (χ1) is 40.9. The standard InChI is InChI=1S/C23H24N.C21H20N.C19H16N.C17H12N.4Ir/c1-16(2)20-13-21(17(3)4)15-22(14-20)18-8-7-9-19(12-18)23-10-5-6-11-24-23;1-14-10-15(2)12-20(11-14)18-6-5-7-19(13-18)21-17(4)16(3)8-9-22-21;1-2-15-11-12-20-19(13-15)18-10-6-9-17(14-18)16-7-4-3-5-8-16;1-2-6-14(7-3-1)15-9-11-16(12-10-15)17-8-4-5-13-18-17;;;;/h5-8,10-17H,1-4H3;5-6,8-13H,1-4H3;3-9,11-14H,2H2,1H3;1-11,13H;;;;/q4*-1;;;;. The molecule has 0 aliphatic rings. The molecule has 12 rings (SSSR count). The van der Waals surface area contributed by atoms with Gasteiger partial charge in [0.2, 0.25) is 0 Å². The smallest absolute Gasteiger partial charge is 0.0163 e. The predicted molar refractivity (Wildman–Crippen MR) is 352 cm³/mol. The molecule has 0 atom stereocenters. The molecule has 452 valence electrons. The first-order valence-electron chi connectivity index (χ1n) is 29.0. The second kappa shape index (κ2) is 35.8. The van der Waals surface area contributed by atoms with E-state index in [9.17, 15) is 0 Å². The fourth-order valence-corrected chi connectivity index (χ4v) is 9.84. The molecule has 0 saturated carbocycles. The molecule has 4 aromatic heterocycles. The predicted octanol–water partition coefficient (Wildman–Crippen LogP) is 20.9. The van der Waals surface area contributed by atoms with Gasteiger partial charge in [-0.05, 0) is 121 Å². The van der Waals surface area contributed by atoms with Crippen molar-refractivity contribution in [3.8, 4) is 89.5 Å². The van der Waals surface area contributed by atoms with E-state index in [2.05, 4.69) is 240 Å². The van der Waals surface area contributed by atoms with Gasteiger partial charge in [0.25, 0.3) is 0 Å². The summed E-state index contributed by atoms with van der Waals surface area (Å²) in [5.74, 6) is 1.04. The molecule has 88 heavy (non-hydrogen) atoms. The number of aryl methyl sites for hydroxylation is 4. The van der Waals surface area contributed by atoms with Gasteiger partial charge < -0.3 is 19.9 Å². The van der Waals surface area contributed by atoms with Crippen molar-refractivity contribution in [3.63, 3.8) is 0 Å². The quantitative estimate of drug-likeness (QED) is 0.121. The van der Waals surface area contributed by atoms with Crippen LogP contribution in [0.1, 0.15) is 85.4 Å². The van der Waals surface area contributed by atoms with Crippen LogP contribution >= 0.6 is 0 Å². The van der Waals surface area contributed by atoms with Gasteiger partial charge in [-0.3, -0.25) is 0 Å². The van der Waals surface area contributed by atoms with Crippen LogP contribution in [0.5, 0.6) is 0 Å². The van der Waals surface area contributed by atoms with Crippen molar-refractivity contribution < 1.29 is 80.4 Å². The number of rotatable bonds is 11. The molecule has 0 N–H and O–H groups in total. The van der Waals surface area contributed by atoms with Crippen molar-refractivity contribution in [2.24, 2.45) is 0 Å². The molecule has 4 heterocycles. The van der Waals surface area contributed by atoms with Crippen molar-refractivity contribution in [2.45, 2.75) is 80.6 Å². The maximum Gasteiger partial charge on any atom is 0.0163 e. The van der Waals surface area contributed by atoms with E-state index in [0.717, 1.165) is 51.5 Å². The molecule has 0 spiro atoms. The van der Waals surface area contributed by atoms with E-state index in [-0.39, 0.29) is 80.4 Å². The van der Waals surface area contributed by atoms with Crippen LogP contribution in [0.4, 0.5) is 0 Å². The van der Waals surface area contributed by atoms with Crippen LogP contribution in [0.2, 0.25) is 0 Å². The maximum atomic E-state index is 4.55. The van der Waals surface area contributed by atoms with Crippen molar-refractivity contribution in [1.82, 2.24) is 19.9 Å². The van der Waals surface area contributed by atoms with Crippen molar-refractivity contribution in [3.05, 3.63) is 312 Å². The Morgan fingerprint density at radius 2 is 0.807 bits per heavy atom. The van der Waals surface area contributed by atoms with E-state index in [1.807, 2.05) is 110 Å². The fourth-order valence-electron chi connectivity index (χ4n) is 9.84. The molecule has 0 fully saturated rings. The van der Waals surface area contributed by atoms with E-state index >= 15 is 0 Å². The Morgan fingerprint density at radius 1 is 0.341 bits per heavy atom. The van der Waals surface area contributed by atoms with E-state index in [1.54, 1.807) is 6.20 Å². The largest absolute Gasteiger partial charge is 0.305 e. The van der Waals surface area contributed by atoms with Gasteiger partial charge in [-0.25, -0.2) is 0 Å². The zero-order valence-electron chi connectivity index (χ0n) is 51.2. The Morgan fingerprint density at radius 3 is 1.32 bits per heavy atom. The molecule has 4 nitrogen and oxygen atoms in total. The van der Waals surface area contributed by atoms with Gasteiger partial charge in [0.15, 0.2) is 0 Å². The van der Waals surface area contributed by atoms with Crippen LogP contribution in [-0.4, -0.2) is 19.9 Å². The van der Waals surface area contributed by atoms with Crippen LogP contribution in [0.3, 0.4) is 0 Å². The van der Waals surface area contributed by atoms with Gasteiger partial charge in [0.1, 0.15) is 0 Å². The van der Waals surface area contributed by atoms with Crippen LogP contribution in [0.15, 0.2) is 249 Å². The third-order valence-corrected chi connectivity index (χ3v) is 14.8. The monoisotopic (exact) mass is 1860 g/mol. The number of nitrogens with zero attached hydrogens (tertiary/aromatic N) is 4. The summed E-state index contributed by atoms with van der Waals surface area (Å²) in [6.07, 6.45) is 8.39. The van der Waals surface area contributed by atoms with Gasteiger partial charge in [-0.2, -0.15) is 0 Å². The number of hydrogen-bond donors (Lipinski definition) is 0. The Labute approximate surface area is 577 Å². The average Bonchev–Trinajstić information content (AvgIpc) is 3.49. The molecule has 0 unspecified atom stereocenters. The Hall–Kier alpha value is -7.04. The normalized spacial score (nSPS) is 10.2. The molecule has 8 heteroatoms. The van der Waals surface area contributed by atoms with Crippen molar-refractivity contribution in [1.29, 1.82) is 0 Å². The second-order valence-corrected chi connectivity index (χ2v) is 21.7. The summed E-state index contributed by atoms with van der Waals surface area (Å²) in [5.41, 5.74) is 27.0. The Bertz CT molecular complexity index is 3940. The van der Waals surface area contributed by atoms with Crippen molar-refractivity contribution >= 4 is 0 Å². The topological polar surface area (TPSA) is 51.6 Å². The average molecular weight is 1860 g/mol. The molecule has 0 bridgehead atoms. The molecule has 8 aromatic carbocycles. The van der Waals surface area contributed by atoms with Crippen LogP contribution < -0.4 is 0 Å². The molecule has 0 aliphatic heterocycles. The zero-order valence-corrected chi connectivity index (χ0v) is 60.7. The van der Waals surface area contributed by atoms with E-state index in [1.165, 1.54) is 83.5 Å². The fraction of sp³-hybridized carbons (Fsp3) is 0.150. The molecule has 4 radical (unpaired) electrons. The van der Waals surface area contributed by atoms with Gasteiger partial charge in [-0.15, -0.1) is 136 Å². The molecule has 0 amide bonds. The number of aromatic nitrogens is 4. The summed E-state index contributed by atoms with van der Waals surface area (Å²) >= 11 is 0. The van der Waals surface area contributed by atoms with Crippen LogP contribution in [0.25, 0.3) is 89.5 Å². The minimum absolute atomic E-state index is 0. The van der Waals surface area contributed by atoms with Crippen LogP contribution in [0, 0.1) is 52.0 Å². The van der Waals surface area contributed by atoms with Crippen LogP contribution in [-0.2, 0) is 86.8 Å². The molecular formula is C80H72Ir4N4-4. The third-order valence-electron chi connectivity index (χ3n) is 14.8. The van der Waals surface area contributed by atoms with E-state index in [0.29, 0.717) is 11.8 Å². The van der Waals surface area contributed by atoms with Gasteiger partial charge in [-0.1, -0.05) is 201 Å². The number of benzene rings is 8. The van der Waals surface area contributed by atoms with E-state index < -0.39 is 0 Å². The first-order valence-corrected chi connectivity index (χ1v) is 29.0. The Balaban J connectivity index is 0.000000211. The summed E-state index contributed by atoms with van der Waals surface area (Å²) in [6, 6.07) is 90.6. The molecule has 0 saturated heterocycles. The molecular weight excluding hydrogens is 1790 g/mol. The van der Waals surface area contributed by atoms with Gasteiger partial charge >= 0.3 is 0 Å². The molecule has 12 aromatic rings. The summed E-state index contributed by atoms with van der Waals surface area (Å²) in [4.78, 5) is 17.8. The second-order valence-electron chi connectivity index (χ2n) is 21.7.